The topological polar surface area (TPSA) is 38.0 Å². The fourth-order valence-electron chi connectivity index (χ4n) is 3.11. The van der Waals surface area contributed by atoms with Crippen LogP contribution in [-0.4, -0.2) is 6.04 Å². The Morgan fingerprint density at radius 3 is 2.78 bits per heavy atom. The molecule has 0 radical (unpaired) electrons. The molecule has 1 aliphatic carbocycles. The molecule has 3 heteroatoms. The summed E-state index contributed by atoms with van der Waals surface area (Å²) in [5.74, 6) is 7.32. The van der Waals surface area contributed by atoms with Gasteiger partial charge in [0.1, 0.15) is 0 Å². The second-order valence-electron chi connectivity index (χ2n) is 5.42. The van der Waals surface area contributed by atoms with E-state index in [0.29, 0.717) is 12.0 Å². The molecule has 3 atom stereocenters. The minimum Gasteiger partial charge on any atom is -0.271 e. The maximum Gasteiger partial charge on any atom is 0.0438 e. The van der Waals surface area contributed by atoms with Crippen molar-refractivity contribution in [2.75, 3.05) is 0 Å². The molecule has 0 saturated heterocycles. The molecule has 1 saturated carbocycles. The Morgan fingerprint density at radius 2 is 2.17 bits per heavy atom. The van der Waals surface area contributed by atoms with E-state index in [2.05, 4.69) is 18.4 Å². The highest BCUT2D eigenvalue weighted by molar-refractivity contribution is 6.31. The molecule has 18 heavy (non-hydrogen) atoms. The van der Waals surface area contributed by atoms with Gasteiger partial charge in [0.25, 0.3) is 0 Å². The van der Waals surface area contributed by atoms with E-state index in [4.69, 9.17) is 17.4 Å². The zero-order chi connectivity index (χ0) is 13.0. The predicted molar refractivity (Wildman–Crippen MR) is 77.4 cm³/mol. The van der Waals surface area contributed by atoms with E-state index in [1.807, 2.05) is 18.2 Å². The normalized spacial score (nSPS) is 25.3. The van der Waals surface area contributed by atoms with Gasteiger partial charge in [0.2, 0.25) is 0 Å². The van der Waals surface area contributed by atoms with Crippen LogP contribution >= 0.6 is 11.6 Å². The summed E-state index contributed by atoms with van der Waals surface area (Å²) in [4.78, 5) is 0. The maximum absolute atomic E-state index is 6.22. The third kappa shape index (κ3) is 3.25. The number of benzene rings is 1. The summed E-state index contributed by atoms with van der Waals surface area (Å²) in [6.07, 6.45) is 6.16. The Morgan fingerprint density at radius 1 is 1.39 bits per heavy atom. The van der Waals surface area contributed by atoms with E-state index < -0.39 is 0 Å². The van der Waals surface area contributed by atoms with Gasteiger partial charge in [0, 0.05) is 11.1 Å². The van der Waals surface area contributed by atoms with E-state index in [1.165, 1.54) is 31.2 Å². The van der Waals surface area contributed by atoms with Crippen LogP contribution in [0.25, 0.3) is 0 Å². The van der Waals surface area contributed by atoms with Gasteiger partial charge >= 0.3 is 0 Å². The first-order valence-corrected chi connectivity index (χ1v) is 7.32. The SMILES string of the molecule is CCC1CCC(C(Cc2ccccc2Cl)NN)C1. The molecule has 2 rings (SSSR count). The van der Waals surface area contributed by atoms with Crippen molar-refractivity contribution < 1.29 is 0 Å². The van der Waals surface area contributed by atoms with Gasteiger partial charge < -0.3 is 0 Å². The molecule has 100 valence electrons. The van der Waals surface area contributed by atoms with Gasteiger partial charge in [0.05, 0.1) is 0 Å². The van der Waals surface area contributed by atoms with Gasteiger partial charge in [-0.1, -0.05) is 49.6 Å². The molecule has 1 aromatic rings. The fourth-order valence-corrected chi connectivity index (χ4v) is 3.33. The van der Waals surface area contributed by atoms with Crippen LogP contribution in [0.2, 0.25) is 5.02 Å². The molecule has 0 amide bonds. The third-order valence-corrected chi connectivity index (χ3v) is 4.71. The number of rotatable bonds is 5. The molecule has 2 nitrogen and oxygen atoms in total. The lowest BCUT2D eigenvalue weighted by atomic mass is 9.91. The van der Waals surface area contributed by atoms with E-state index in [0.717, 1.165) is 17.4 Å². The highest BCUT2D eigenvalue weighted by atomic mass is 35.5. The Bertz CT molecular complexity index is 381. The van der Waals surface area contributed by atoms with Crippen molar-refractivity contribution >= 4 is 11.6 Å². The number of nitrogens with two attached hydrogens (primary N) is 1. The van der Waals surface area contributed by atoms with Crippen molar-refractivity contribution in [3.8, 4) is 0 Å². The first kappa shape index (κ1) is 13.9. The van der Waals surface area contributed by atoms with Crippen LogP contribution in [0.3, 0.4) is 0 Å². The van der Waals surface area contributed by atoms with Crippen molar-refractivity contribution in [2.24, 2.45) is 17.7 Å². The molecule has 1 fully saturated rings. The average molecular weight is 267 g/mol. The minimum atomic E-state index is 0.349. The fraction of sp³-hybridized carbons (Fsp3) is 0.600. The van der Waals surface area contributed by atoms with Crippen molar-refractivity contribution in [1.82, 2.24) is 5.43 Å². The Labute approximate surface area is 115 Å². The van der Waals surface area contributed by atoms with E-state index in [9.17, 15) is 0 Å². The van der Waals surface area contributed by atoms with E-state index >= 15 is 0 Å². The van der Waals surface area contributed by atoms with Gasteiger partial charge in [-0.15, -0.1) is 0 Å². The van der Waals surface area contributed by atoms with Crippen molar-refractivity contribution in [2.45, 2.75) is 45.1 Å². The lowest BCUT2D eigenvalue weighted by molar-refractivity contribution is 0.348. The van der Waals surface area contributed by atoms with E-state index in [-0.39, 0.29) is 0 Å². The largest absolute Gasteiger partial charge is 0.271 e. The molecule has 0 aliphatic heterocycles. The first-order chi connectivity index (χ1) is 8.74. The number of hydrogen-bond donors (Lipinski definition) is 2. The van der Waals surface area contributed by atoms with Crippen LogP contribution in [0.1, 0.15) is 38.2 Å². The predicted octanol–water partition coefficient (Wildman–Crippen LogP) is 3.54. The average Bonchev–Trinajstić information content (AvgIpc) is 2.86. The Balaban J connectivity index is 2.00. The highest BCUT2D eigenvalue weighted by Gasteiger charge is 2.29. The summed E-state index contributed by atoms with van der Waals surface area (Å²) < 4.78 is 0. The van der Waals surface area contributed by atoms with Gasteiger partial charge in [0.15, 0.2) is 0 Å². The second kappa shape index (κ2) is 6.55. The zero-order valence-electron chi connectivity index (χ0n) is 11.0. The quantitative estimate of drug-likeness (QED) is 0.632. The van der Waals surface area contributed by atoms with Gasteiger partial charge in [-0.05, 0) is 42.7 Å². The summed E-state index contributed by atoms with van der Waals surface area (Å²) in [7, 11) is 0. The van der Waals surface area contributed by atoms with Crippen LogP contribution < -0.4 is 11.3 Å². The number of halogens is 1. The lowest BCUT2D eigenvalue weighted by Crippen LogP contribution is -2.41. The first-order valence-electron chi connectivity index (χ1n) is 6.94. The van der Waals surface area contributed by atoms with Crippen molar-refractivity contribution in [3.63, 3.8) is 0 Å². The molecule has 0 bridgehead atoms. The Hall–Kier alpha value is -0.570. The van der Waals surface area contributed by atoms with E-state index in [1.54, 1.807) is 0 Å². The smallest absolute Gasteiger partial charge is 0.0438 e. The van der Waals surface area contributed by atoms with Gasteiger partial charge in [-0.25, -0.2) is 0 Å². The monoisotopic (exact) mass is 266 g/mol. The van der Waals surface area contributed by atoms with Crippen molar-refractivity contribution in [1.29, 1.82) is 0 Å². The summed E-state index contributed by atoms with van der Waals surface area (Å²) >= 11 is 6.22. The summed E-state index contributed by atoms with van der Waals surface area (Å²) in [5, 5.41) is 0.850. The second-order valence-corrected chi connectivity index (χ2v) is 5.82. The summed E-state index contributed by atoms with van der Waals surface area (Å²) in [6.45, 7) is 2.28. The number of nitrogens with one attached hydrogen (secondary N) is 1. The number of hydrogen-bond acceptors (Lipinski definition) is 2. The molecular weight excluding hydrogens is 244 g/mol. The van der Waals surface area contributed by atoms with Crippen LogP contribution in [0.5, 0.6) is 0 Å². The molecule has 3 N–H and O–H groups in total. The minimum absolute atomic E-state index is 0.349. The van der Waals surface area contributed by atoms with Crippen molar-refractivity contribution in [3.05, 3.63) is 34.9 Å². The summed E-state index contributed by atoms with van der Waals surface area (Å²) in [5.41, 5.74) is 4.20. The molecule has 1 aromatic carbocycles. The molecule has 0 heterocycles. The lowest BCUT2D eigenvalue weighted by Gasteiger charge is -2.23. The third-order valence-electron chi connectivity index (χ3n) is 4.34. The molecule has 3 unspecified atom stereocenters. The Kier molecular flexibility index (Phi) is 5.04. The molecule has 1 aliphatic rings. The highest BCUT2D eigenvalue weighted by Crippen LogP contribution is 2.36. The van der Waals surface area contributed by atoms with Crippen LogP contribution in [0, 0.1) is 11.8 Å². The number of hydrazine groups is 1. The van der Waals surface area contributed by atoms with Crippen LogP contribution in [0.15, 0.2) is 24.3 Å². The molecule has 0 spiro atoms. The summed E-state index contributed by atoms with van der Waals surface area (Å²) in [6, 6.07) is 8.41. The molecule has 0 aromatic heterocycles. The zero-order valence-corrected chi connectivity index (χ0v) is 11.8. The standard InChI is InChI=1S/C15H23ClN2/c1-2-11-7-8-13(9-11)15(18-17)10-12-5-3-4-6-14(12)16/h3-6,11,13,15,18H,2,7-10,17H2,1H3. The molecular formula is C15H23ClN2. The van der Waals surface area contributed by atoms with Gasteiger partial charge in [-0.3, -0.25) is 11.3 Å². The van der Waals surface area contributed by atoms with Crippen LogP contribution in [-0.2, 0) is 6.42 Å². The van der Waals surface area contributed by atoms with Crippen LogP contribution in [0.4, 0.5) is 0 Å². The maximum atomic E-state index is 6.22. The van der Waals surface area contributed by atoms with Gasteiger partial charge in [-0.2, -0.15) is 0 Å².